The molecule has 0 fully saturated rings. The van der Waals surface area contributed by atoms with Crippen LogP contribution in [0.4, 0.5) is 5.69 Å². The van der Waals surface area contributed by atoms with E-state index in [0.29, 0.717) is 24.0 Å². The maximum absolute atomic E-state index is 11.9. The second kappa shape index (κ2) is 6.29. The van der Waals surface area contributed by atoms with Crippen LogP contribution >= 0.6 is 0 Å². The molecule has 0 aliphatic heterocycles. The summed E-state index contributed by atoms with van der Waals surface area (Å²) in [6.45, 7) is 0. The summed E-state index contributed by atoms with van der Waals surface area (Å²) in [5.74, 6) is -0.00749. The van der Waals surface area contributed by atoms with Gasteiger partial charge in [-0.25, -0.2) is 8.42 Å². The second-order valence-electron chi connectivity index (χ2n) is 4.27. The third-order valence-corrected chi connectivity index (χ3v) is 4.02. The van der Waals surface area contributed by atoms with Gasteiger partial charge in [-0.05, 0) is 48.4 Å². The van der Waals surface area contributed by atoms with E-state index >= 15 is 0 Å². The number of pyridine rings is 1. The minimum absolute atomic E-state index is 0.00749. The summed E-state index contributed by atoms with van der Waals surface area (Å²) in [7, 11) is -3.41. The normalized spacial score (nSPS) is 11.0. The van der Waals surface area contributed by atoms with Crippen LogP contribution in [0.5, 0.6) is 0 Å². The molecule has 0 amide bonds. The number of carbonyl (C=O) groups is 1. The molecule has 20 heavy (non-hydrogen) atoms. The zero-order valence-corrected chi connectivity index (χ0v) is 11.5. The van der Waals surface area contributed by atoms with E-state index in [9.17, 15) is 13.2 Å². The van der Waals surface area contributed by atoms with Crippen molar-refractivity contribution in [3.63, 3.8) is 0 Å². The van der Waals surface area contributed by atoms with E-state index < -0.39 is 10.0 Å². The van der Waals surface area contributed by atoms with Crippen LogP contribution in [0.1, 0.15) is 15.9 Å². The summed E-state index contributed by atoms with van der Waals surface area (Å²) in [6, 6.07) is 9.83. The minimum Gasteiger partial charge on any atom is -0.298 e. The Morgan fingerprint density at radius 2 is 1.70 bits per heavy atom. The average molecular weight is 290 g/mol. The van der Waals surface area contributed by atoms with Gasteiger partial charge in [0.05, 0.1) is 5.75 Å². The highest BCUT2D eigenvalue weighted by Gasteiger charge is 2.10. The highest BCUT2D eigenvalue weighted by molar-refractivity contribution is 7.92. The molecule has 0 saturated heterocycles. The molecule has 104 valence electrons. The van der Waals surface area contributed by atoms with Gasteiger partial charge in [-0.1, -0.05) is 0 Å². The van der Waals surface area contributed by atoms with Crippen LogP contribution in [0.3, 0.4) is 0 Å². The van der Waals surface area contributed by atoms with Gasteiger partial charge in [-0.2, -0.15) is 0 Å². The molecule has 0 atom stereocenters. The molecule has 1 heterocycles. The summed E-state index contributed by atoms with van der Waals surface area (Å²) in [5, 5.41) is 0. The van der Waals surface area contributed by atoms with E-state index in [1.807, 2.05) is 0 Å². The fourth-order valence-corrected chi connectivity index (χ4v) is 2.76. The van der Waals surface area contributed by atoms with E-state index in [0.717, 1.165) is 5.56 Å². The summed E-state index contributed by atoms with van der Waals surface area (Å²) in [4.78, 5) is 14.4. The number of benzene rings is 1. The Kier molecular flexibility index (Phi) is 4.47. The number of aryl methyl sites for hydroxylation is 1. The Balaban J connectivity index is 1.98. The molecule has 2 rings (SSSR count). The topological polar surface area (TPSA) is 76.1 Å². The van der Waals surface area contributed by atoms with Crippen molar-refractivity contribution in [2.75, 3.05) is 10.5 Å². The number of rotatable bonds is 6. The van der Waals surface area contributed by atoms with E-state index in [4.69, 9.17) is 0 Å². The van der Waals surface area contributed by atoms with Gasteiger partial charge in [0.1, 0.15) is 6.29 Å². The zero-order chi connectivity index (χ0) is 14.4. The van der Waals surface area contributed by atoms with E-state index in [2.05, 4.69) is 9.71 Å². The Hall–Kier alpha value is -2.21. The van der Waals surface area contributed by atoms with Crippen LogP contribution in [0.25, 0.3) is 0 Å². The van der Waals surface area contributed by atoms with Gasteiger partial charge in [-0.3, -0.25) is 14.5 Å². The van der Waals surface area contributed by atoms with E-state index in [-0.39, 0.29) is 5.75 Å². The number of carbonyl (C=O) groups excluding carboxylic acids is 1. The summed E-state index contributed by atoms with van der Waals surface area (Å²) < 4.78 is 26.3. The molecule has 1 N–H and O–H groups in total. The van der Waals surface area contributed by atoms with Gasteiger partial charge >= 0.3 is 0 Å². The first-order valence-electron chi connectivity index (χ1n) is 6.04. The number of aldehydes is 1. The number of hydrogen-bond donors (Lipinski definition) is 1. The van der Waals surface area contributed by atoms with Crippen LogP contribution in [-0.4, -0.2) is 25.4 Å². The largest absolute Gasteiger partial charge is 0.298 e. The zero-order valence-electron chi connectivity index (χ0n) is 10.7. The van der Waals surface area contributed by atoms with Crippen molar-refractivity contribution in [2.45, 2.75) is 6.42 Å². The molecule has 1 aromatic heterocycles. The number of nitrogens with one attached hydrogen (secondary N) is 1. The van der Waals surface area contributed by atoms with Gasteiger partial charge in [0.2, 0.25) is 10.0 Å². The number of aromatic nitrogens is 1. The van der Waals surface area contributed by atoms with Crippen LogP contribution in [0.2, 0.25) is 0 Å². The molecule has 5 nitrogen and oxygen atoms in total. The van der Waals surface area contributed by atoms with Crippen molar-refractivity contribution in [3.8, 4) is 0 Å². The van der Waals surface area contributed by atoms with Gasteiger partial charge < -0.3 is 0 Å². The minimum atomic E-state index is -3.41. The fraction of sp³-hybridized carbons (Fsp3) is 0.143. The van der Waals surface area contributed by atoms with Crippen LogP contribution < -0.4 is 4.72 Å². The van der Waals surface area contributed by atoms with Crippen molar-refractivity contribution in [3.05, 3.63) is 59.9 Å². The number of anilines is 1. The predicted molar refractivity (Wildman–Crippen MR) is 77.2 cm³/mol. The Morgan fingerprint density at radius 3 is 2.30 bits per heavy atom. The van der Waals surface area contributed by atoms with Gasteiger partial charge in [-0.15, -0.1) is 0 Å². The molecule has 0 bridgehead atoms. The van der Waals surface area contributed by atoms with Crippen molar-refractivity contribution in [2.24, 2.45) is 0 Å². The Morgan fingerprint density at radius 1 is 1.05 bits per heavy atom. The van der Waals surface area contributed by atoms with Crippen LogP contribution in [-0.2, 0) is 16.4 Å². The quantitative estimate of drug-likeness (QED) is 0.824. The Labute approximate surface area is 117 Å². The first kappa shape index (κ1) is 14.2. The van der Waals surface area contributed by atoms with Crippen molar-refractivity contribution >= 4 is 22.0 Å². The van der Waals surface area contributed by atoms with Gasteiger partial charge in [0.15, 0.2) is 0 Å². The SMILES string of the molecule is O=Cc1ccc(NS(=O)(=O)CCc2ccncc2)cc1. The highest BCUT2D eigenvalue weighted by atomic mass is 32.2. The summed E-state index contributed by atoms with van der Waals surface area (Å²) in [5.41, 5.74) is 1.87. The lowest BCUT2D eigenvalue weighted by atomic mass is 10.2. The maximum Gasteiger partial charge on any atom is 0.233 e. The van der Waals surface area contributed by atoms with Crippen LogP contribution in [0, 0.1) is 0 Å². The molecule has 6 heteroatoms. The standard InChI is InChI=1S/C14H14N2O3S/c17-11-13-1-3-14(4-2-13)16-20(18,19)10-7-12-5-8-15-9-6-12/h1-6,8-9,11,16H,7,10H2. The van der Waals surface area contributed by atoms with Crippen molar-refractivity contribution < 1.29 is 13.2 Å². The molecule has 0 saturated carbocycles. The average Bonchev–Trinajstić information content (AvgIpc) is 2.47. The summed E-state index contributed by atoms with van der Waals surface area (Å²) >= 11 is 0. The second-order valence-corrected chi connectivity index (χ2v) is 6.11. The van der Waals surface area contributed by atoms with Gasteiger partial charge in [0, 0.05) is 23.6 Å². The van der Waals surface area contributed by atoms with Gasteiger partial charge in [0.25, 0.3) is 0 Å². The fourth-order valence-electron chi connectivity index (χ4n) is 1.66. The number of nitrogens with zero attached hydrogens (tertiary/aromatic N) is 1. The molecule has 0 radical (unpaired) electrons. The highest BCUT2D eigenvalue weighted by Crippen LogP contribution is 2.11. The first-order chi connectivity index (χ1) is 9.59. The monoisotopic (exact) mass is 290 g/mol. The molecule has 1 aromatic carbocycles. The smallest absolute Gasteiger partial charge is 0.233 e. The molecular weight excluding hydrogens is 276 g/mol. The lowest BCUT2D eigenvalue weighted by Gasteiger charge is -2.08. The third kappa shape index (κ3) is 4.17. The van der Waals surface area contributed by atoms with Crippen LogP contribution in [0.15, 0.2) is 48.8 Å². The van der Waals surface area contributed by atoms with Crippen molar-refractivity contribution in [1.29, 1.82) is 0 Å². The summed E-state index contributed by atoms with van der Waals surface area (Å²) in [6.07, 6.45) is 4.40. The predicted octanol–water partition coefficient (Wildman–Crippen LogP) is 1.88. The number of sulfonamides is 1. The first-order valence-corrected chi connectivity index (χ1v) is 7.69. The lowest BCUT2D eigenvalue weighted by Crippen LogP contribution is -2.18. The third-order valence-electron chi connectivity index (χ3n) is 2.73. The number of hydrogen-bond acceptors (Lipinski definition) is 4. The molecule has 2 aromatic rings. The van der Waals surface area contributed by atoms with Crippen molar-refractivity contribution in [1.82, 2.24) is 4.98 Å². The molecular formula is C14H14N2O3S. The van der Waals surface area contributed by atoms with E-state index in [1.54, 1.807) is 48.8 Å². The molecule has 0 unspecified atom stereocenters. The lowest BCUT2D eigenvalue weighted by molar-refractivity contribution is 0.112. The molecule has 0 aliphatic carbocycles. The maximum atomic E-state index is 11.9. The molecule has 0 aliphatic rings. The van der Waals surface area contributed by atoms with E-state index in [1.165, 1.54) is 0 Å². The Bertz CT molecular complexity index is 667. The molecule has 0 spiro atoms.